The van der Waals surface area contributed by atoms with Crippen molar-refractivity contribution in [2.75, 3.05) is 13.2 Å². The van der Waals surface area contributed by atoms with E-state index in [-0.39, 0.29) is 71.6 Å². The lowest BCUT2D eigenvalue weighted by Gasteiger charge is -2.47. The average Bonchev–Trinajstić information content (AvgIpc) is 1.01. The topological polar surface area (TPSA) is 136 Å². The van der Waals surface area contributed by atoms with Gasteiger partial charge in [-0.25, -0.2) is 9.59 Å². The highest BCUT2D eigenvalue weighted by atomic mass is 16.7. The zero-order valence-electron chi connectivity index (χ0n) is 51.2. The van der Waals surface area contributed by atoms with Crippen LogP contribution in [-0.4, -0.2) is 80.3 Å². The molecular weight excluding hydrogens is 1160 g/mol. The number of hydrogen-bond donors (Lipinski definition) is 0. The van der Waals surface area contributed by atoms with E-state index in [1.807, 2.05) is 273 Å². The first-order valence-corrected chi connectivity index (χ1v) is 31.2. The molecule has 0 aliphatic carbocycles. The Bertz CT molecular complexity index is 3740. The lowest BCUT2D eigenvalue weighted by Crippen LogP contribution is -2.63. The van der Waals surface area contributed by atoms with E-state index < -0.39 is 67.1 Å². The van der Waals surface area contributed by atoms with Gasteiger partial charge in [-0.2, -0.15) is 0 Å². The second-order valence-electron chi connectivity index (χ2n) is 22.5. The number of fused-ring (bicyclic) bond motifs is 1. The number of ether oxygens (including phenoxy) is 11. The number of hydrogen-bond acceptors (Lipinski definition) is 13. The van der Waals surface area contributed by atoms with Crippen LogP contribution < -0.4 is 0 Å². The van der Waals surface area contributed by atoms with Crippen molar-refractivity contribution >= 4 is 22.7 Å². The summed E-state index contributed by atoms with van der Waals surface area (Å²) in [6.45, 7) is 0.685. The summed E-state index contributed by atoms with van der Waals surface area (Å²) in [5.41, 5.74) is 7.14. The third-order valence-corrected chi connectivity index (χ3v) is 15.8. The van der Waals surface area contributed by atoms with Crippen LogP contribution in [0.5, 0.6) is 0 Å². The minimum atomic E-state index is -1.66. The molecule has 13 nitrogen and oxygen atoms in total. The highest BCUT2D eigenvalue weighted by Gasteiger charge is 2.52. The monoisotopic (exact) mass is 1230 g/mol. The molecule has 1 heterocycles. The number of benzene rings is 10. The summed E-state index contributed by atoms with van der Waals surface area (Å²) in [5, 5.41) is 1.40. The van der Waals surface area contributed by atoms with Crippen molar-refractivity contribution in [2.24, 2.45) is 0 Å². The van der Waals surface area contributed by atoms with Gasteiger partial charge in [-0.05, 0) is 61.3 Å². The van der Waals surface area contributed by atoms with Crippen molar-refractivity contribution in [3.05, 3.63) is 335 Å². The van der Waals surface area contributed by atoms with Crippen molar-refractivity contribution in [1.82, 2.24) is 0 Å². The second-order valence-corrected chi connectivity index (χ2v) is 22.5. The molecular formula is C79H76O13. The molecule has 0 spiro atoms. The summed E-state index contributed by atoms with van der Waals surface area (Å²) in [7, 11) is 0. The van der Waals surface area contributed by atoms with Gasteiger partial charge in [0.25, 0.3) is 0 Å². The van der Waals surface area contributed by atoms with Crippen LogP contribution in [0.15, 0.2) is 285 Å². The fourth-order valence-corrected chi connectivity index (χ4v) is 11.1. The van der Waals surface area contributed by atoms with Gasteiger partial charge in [0, 0.05) is 0 Å². The zero-order chi connectivity index (χ0) is 62.8. The van der Waals surface area contributed by atoms with Crippen LogP contribution in [0.25, 0.3) is 10.8 Å². The quantitative estimate of drug-likeness (QED) is 0.0285. The molecule has 1 saturated heterocycles. The van der Waals surface area contributed by atoms with Crippen molar-refractivity contribution in [1.29, 1.82) is 0 Å². The molecule has 1 fully saturated rings. The molecule has 0 aromatic heterocycles. The number of carbonyl (C=O) groups is 2. The van der Waals surface area contributed by atoms with E-state index in [2.05, 4.69) is 0 Å². The number of esters is 2. The molecule has 0 radical (unpaired) electrons. The van der Waals surface area contributed by atoms with Crippen LogP contribution in [0, 0.1) is 0 Å². The summed E-state index contributed by atoms with van der Waals surface area (Å²) < 4.78 is 77.2. The fourth-order valence-electron chi connectivity index (χ4n) is 11.1. The van der Waals surface area contributed by atoms with Crippen molar-refractivity contribution in [3.8, 4) is 0 Å². The molecule has 0 bridgehead atoms. The zero-order valence-corrected chi connectivity index (χ0v) is 51.2. The molecule has 11 rings (SSSR count). The smallest absolute Gasteiger partial charge is 0.346 e. The average molecular weight is 1230 g/mol. The van der Waals surface area contributed by atoms with Gasteiger partial charge in [0.05, 0.1) is 71.6 Å². The second kappa shape index (κ2) is 34.6. The molecule has 1 aliphatic rings. The summed E-state index contributed by atoms with van der Waals surface area (Å²) in [6, 6.07) is 90.8. The third kappa shape index (κ3) is 18.9. The molecule has 0 amide bonds. The first-order chi connectivity index (χ1) is 45.5. The molecule has 10 aromatic rings. The first kappa shape index (κ1) is 64.7. The Kier molecular flexibility index (Phi) is 24.3. The predicted molar refractivity (Wildman–Crippen MR) is 350 cm³/mol. The maximum atomic E-state index is 15.6. The Morgan fingerprint density at radius 2 is 0.739 bits per heavy atom. The van der Waals surface area contributed by atoms with E-state index in [4.69, 9.17) is 52.1 Å². The molecule has 0 unspecified atom stereocenters. The molecule has 1 aliphatic heterocycles. The summed E-state index contributed by atoms with van der Waals surface area (Å²) in [5.74, 6) is -1.89. The van der Waals surface area contributed by atoms with E-state index in [1.165, 1.54) is 0 Å². The molecule has 9 atom stereocenters. The summed E-state index contributed by atoms with van der Waals surface area (Å²) in [4.78, 5) is 30.3. The SMILES string of the molecule is O=C(OC(=O)[C@@H](OCc1ccccc1)[C@@H](OCc1ccccc1)[C@H](OCc1ccccc1)[C@@H](COCc1ccccc1)O[C@@H]1O[C@H](COCc2ccccc2)[C@@H](OCc2ccccc2)[C@H](OCc2ccccc2)[C@@H]1OCc1ccccc1)c1cccc2ccccc12. The highest BCUT2D eigenvalue weighted by molar-refractivity contribution is 6.07. The predicted octanol–water partition coefficient (Wildman–Crippen LogP) is 14.6. The van der Waals surface area contributed by atoms with Gasteiger partial charge in [-0.3, -0.25) is 0 Å². The Morgan fingerprint density at radius 1 is 0.359 bits per heavy atom. The van der Waals surface area contributed by atoms with Crippen LogP contribution in [0.3, 0.4) is 0 Å². The first-order valence-electron chi connectivity index (χ1n) is 31.2. The van der Waals surface area contributed by atoms with E-state index >= 15 is 4.79 Å². The Balaban J connectivity index is 1.04. The van der Waals surface area contributed by atoms with Gasteiger partial charge in [-0.15, -0.1) is 0 Å². The van der Waals surface area contributed by atoms with Crippen LogP contribution in [-0.2, 0) is 110 Å². The van der Waals surface area contributed by atoms with Crippen LogP contribution in [0.1, 0.15) is 54.9 Å². The van der Waals surface area contributed by atoms with Gasteiger partial charge in [0.1, 0.15) is 42.7 Å². The molecule has 0 saturated carbocycles. The number of rotatable bonds is 33. The van der Waals surface area contributed by atoms with Gasteiger partial charge in [0.2, 0.25) is 0 Å². The maximum Gasteiger partial charge on any atom is 0.346 e. The van der Waals surface area contributed by atoms with Crippen LogP contribution in [0.2, 0.25) is 0 Å². The van der Waals surface area contributed by atoms with Crippen molar-refractivity contribution < 1.29 is 61.7 Å². The van der Waals surface area contributed by atoms with E-state index in [0.717, 1.165) is 49.9 Å². The van der Waals surface area contributed by atoms with E-state index in [1.54, 1.807) is 12.1 Å². The molecule has 92 heavy (non-hydrogen) atoms. The molecule has 0 N–H and O–H groups in total. The van der Waals surface area contributed by atoms with Gasteiger partial charge < -0.3 is 52.1 Å². The molecule has 470 valence electrons. The lowest BCUT2D eigenvalue weighted by molar-refractivity contribution is -0.347. The van der Waals surface area contributed by atoms with Crippen LogP contribution in [0.4, 0.5) is 0 Å². The minimum absolute atomic E-state index is 0.00173. The molecule has 13 heteroatoms. The maximum absolute atomic E-state index is 15.6. The van der Waals surface area contributed by atoms with E-state index in [9.17, 15) is 4.79 Å². The fraction of sp³-hybridized carbons (Fsp3) is 0.241. The summed E-state index contributed by atoms with van der Waals surface area (Å²) in [6.07, 6.45) is -10.4. The van der Waals surface area contributed by atoms with E-state index in [0.29, 0.717) is 5.39 Å². The van der Waals surface area contributed by atoms with Crippen molar-refractivity contribution in [2.45, 2.75) is 108 Å². The minimum Gasteiger partial charge on any atom is -0.387 e. The normalized spacial score (nSPS) is 17.7. The van der Waals surface area contributed by atoms with Crippen molar-refractivity contribution in [3.63, 3.8) is 0 Å². The Hall–Kier alpha value is -8.80. The Morgan fingerprint density at radius 3 is 1.23 bits per heavy atom. The van der Waals surface area contributed by atoms with Gasteiger partial charge in [-0.1, -0.05) is 279 Å². The summed E-state index contributed by atoms with van der Waals surface area (Å²) >= 11 is 0. The molecule has 10 aromatic carbocycles. The Labute approximate surface area is 538 Å². The van der Waals surface area contributed by atoms with Crippen LogP contribution >= 0.6 is 0 Å². The van der Waals surface area contributed by atoms with Gasteiger partial charge >= 0.3 is 11.9 Å². The third-order valence-electron chi connectivity index (χ3n) is 15.8. The number of carbonyl (C=O) groups excluding carboxylic acids is 2. The standard InChI is InChI=1S/C79H76O13/c80-77(68-47-27-45-66-44-25-26-46-67(66)68)92-78(81)75(88-54-64-40-21-7-22-41-64)73(86-52-62-36-17-5-18-37-62)71(84-50-60-32-13-3-14-33-60)69(56-82-48-58-28-9-1-10-29-58)90-79-76(89-55-65-42-23-8-24-43-65)74(87-53-63-38-19-6-20-39-63)72(85-51-61-34-15-4-16-35-61)70(91-79)57-83-49-59-30-11-2-12-31-59/h1-47,69-76,79H,48-57H2/t69-,70-,71-,72-,73+,74+,75+,76+,79-/m1/s1. The highest BCUT2D eigenvalue weighted by Crippen LogP contribution is 2.35. The largest absolute Gasteiger partial charge is 0.387 e. The lowest BCUT2D eigenvalue weighted by atomic mass is 9.97. The van der Waals surface area contributed by atoms with Gasteiger partial charge in [0.15, 0.2) is 12.4 Å².